The Bertz CT molecular complexity index is 552. The molecule has 1 heterocycles. The van der Waals surface area contributed by atoms with Crippen molar-refractivity contribution in [1.82, 2.24) is 0 Å². The van der Waals surface area contributed by atoms with Gasteiger partial charge in [0.05, 0.1) is 12.9 Å². The van der Waals surface area contributed by atoms with Crippen molar-refractivity contribution in [2.24, 2.45) is 0 Å². The lowest BCUT2D eigenvalue weighted by atomic mass is 10.1. The Morgan fingerprint density at radius 3 is 2.78 bits per heavy atom. The van der Waals surface area contributed by atoms with Gasteiger partial charge in [-0.15, -0.1) is 0 Å². The molecule has 1 aliphatic carbocycles. The molecule has 0 bridgehead atoms. The van der Waals surface area contributed by atoms with Crippen molar-refractivity contribution in [2.75, 3.05) is 0 Å². The van der Waals surface area contributed by atoms with Gasteiger partial charge in [0.15, 0.2) is 12.0 Å². The first-order chi connectivity index (χ1) is 8.85. The molecule has 0 saturated carbocycles. The van der Waals surface area contributed by atoms with Crippen molar-refractivity contribution in [2.45, 2.75) is 13.0 Å². The second-order valence-electron chi connectivity index (χ2n) is 3.89. The van der Waals surface area contributed by atoms with Gasteiger partial charge in [-0.05, 0) is 23.6 Å². The lowest BCUT2D eigenvalue weighted by Gasteiger charge is -1.93. The Balaban J connectivity index is 0.000000134. The number of benzene rings is 1. The molecule has 1 N–H and O–H groups in total. The second kappa shape index (κ2) is 5.98. The molecule has 18 heavy (non-hydrogen) atoms. The van der Waals surface area contributed by atoms with Crippen LogP contribution in [0.4, 0.5) is 0 Å². The number of carbonyl (C=O) groups is 1. The van der Waals surface area contributed by atoms with Gasteiger partial charge in [0.1, 0.15) is 0 Å². The van der Waals surface area contributed by atoms with Crippen LogP contribution in [0.2, 0.25) is 0 Å². The highest BCUT2D eigenvalue weighted by Crippen LogP contribution is 2.17. The van der Waals surface area contributed by atoms with Crippen LogP contribution >= 0.6 is 0 Å². The van der Waals surface area contributed by atoms with Gasteiger partial charge in [-0.2, -0.15) is 0 Å². The Kier molecular flexibility index (Phi) is 4.10. The van der Waals surface area contributed by atoms with Gasteiger partial charge < -0.3 is 9.52 Å². The summed E-state index contributed by atoms with van der Waals surface area (Å²) in [5.74, 6) is 0.206. The third-order valence-electron chi connectivity index (χ3n) is 2.75. The van der Waals surface area contributed by atoms with E-state index in [4.69, 9.17) is 5.11 Å². The van der Waals surface area contributed by atoms with Crippen molar-refractivity contribution in [3.63, 3.8) is 0 Å². The van der Waals surface area contributed by atoms with Crippen LogP contribution in [-0.4, -0.2) is 11.4 Å². The van der Waals surface area contributed by atoms with Crippen molar-refractivity contribution in [3.8, 4) is 0 Å². The summed E-state index contributed by atoms with van der Waals surface area (Å²) >= 11 is 0. The highest BCUT2D eigenvalue weighted by Gasteiger charge is 2.01. The molecule has 1 aromatic carbocycles. The van der Waals surface area contributed by atoms with E-state index in [1.54, 1.807) is 6.07 Å². The van der Waals surface area contributed by atoms with Crippen LogP contribution < -0.4 is 0 Å². The van der Waals surface area contributed by atoms with Crippen LogP contribution in [0, 0.1) is 0 Å². The Morgan fingerprint density at radius 2 is 2.11 bits per heavy atom. The van der Waals surface area contributed by atoms with E-state index in [1.165, 1.54) is 17.4 Å². The summed E-state index contributed by atoms with van der Waals surface area (Å²) in [7, 11) is 0. The Hall–Kier alpha value is -2.13. The maximum absolute atomic E-state index is 10.0. The molecule has 0 atom stereocenters. The number of carbonyl (C=O) groups excluding carboxylic acids is 1. The van der Waals surface area contributed by atoms with Gasteiger partial charge in [-0.1, -0.05) is 36.4 Å². The number of hydrogen-bond acceptors (Lipinski definition) is 3. The number of aliphatic hydroxyl groups excluding tert-OH is 1. The van der Waals surface area contributed by atoms with E-state index in [2.05, 4.69) is 40.8 Å². The van der Waals surface area contributed by atoms with E-state index in [0.29, 0.717) is 11.8 Å². The largest absolute Gasteiger partial charge is 0.461 e. The van der Waals surface area contributed by atoms with E-state index >= 15 is 0 Å². The lowest BCUT2D eigenvalue weighted by molar-refractivity contribution is 0.109. The summed E-state index contributed by atoms with van der Waals surface area (Å²) in [5, 5.41) is 8.52. The van der Waals surface area contributed by atoms with Crippen molar-refractivity contribution in [3.05, 3.63) is 65.1 Å². The lowest BCUT2D eigenvalue weighted by Crippen LogP contribution is -1.84. The summed E-state index contributed by atoms with van der Waals surface area (Å²) in [5.41, 5.74) is 3.38. The zero-order valence-electron chi connectivity index (χ0n) is 9.87. The molecule has 1 aromatic heterocycles. The molecule has 0 saturated heterocycles. The molecule has 3 heteroatoms. The summed E-state index contributed by atoms with van der Waals surface area (Å²) in [6, 6.07) is 10.1. The molecule has 3 nitrogen and oxygen atoms in total. The standard InChI is InChI=1S/C9H8.C6H6O3/c1-2-5-9-7-3-6-8(9)4-1;7-3-5-1-2-9-6(5)4-8/h1-6H,7H2;1-2,4,7H,3H2. The molecule has 1 aliphatic rings. The molecule has 0 aliphatic heterocycles. The Labute approximate surface area is 105 Å². The minimum atomic E-state index is -0.148. The summed E-state index contributed by atoms with van der Waals surface area (Å²) in [6.07, 6.45) is 7.44. The molecule has 0 amide bonds. The SMILES string of the molecule is C1=Cc2ccccc2C1.O=Cc1occc1CO. The molecule has 0 spiro atoms. The fourth-order valence-electron chi connectivity index (χ4n) is 1.78. The summed E-state index contributed by atoms with van der Waals surface area (Å²) in [6.45, 7) is -0.148. The number of aldehydes is 1. The van der Waals surface area contributed by atoms with Crippen LogP contribution in [0.3, 0.4) is 0 Å². The maximum atomic E-state index is 10.0. The van der Waals surface area contributed by atoms with E-state index in [0.717, 1.165) is 6.42 Å². The monoisotopic (exact) mass is 242 g/mol. The molecule has 3 rings (SSSR count). The predicted octanol–water partition coefficient (Wildman–Crippen LogP) is 2.84. The fraction of sp³-hybridized carbons (Fsp3) is 0.133. The van der Waals surface area contributed by atoms with Gasteiger partial charge >= 0.3 is 0 Å². The topological polar surface area (TPSA) is 50.4 Å². The highest BCUT2D eigenvalue weighted by atomic mass is 16.3. The van der Waals surface area contributed by atoms with Gasteiger partial charge in [-0.25, -0.2) is 0 Å². The normalized spacial score (nSPS) is 11.6. The second-order valence-corrected chi connectivity index (χ2v) is 3.89. The molecule has 0 unspecified atom stereocenters. The number of aliphatic hydroxyl groups is 1. The van der Waals surface area contributed by atoms with Crippen LogP contribution in [0.15, 0.2) is 47.1 Å². The Morgan fingerprint density at radius 1 is 1.28 bits per heavy atom. The van der Waals surface area contributed by atoms with Crippen molar-refractivity contribution >= 4 is 12.4 Å². The average Bonchev–Trinajstić information content (AvgIpc) is 3.07. The van der Waals surface area contributed by atoms with Gasteiger partial charge in [0.2, 0.25) is 0 Å². The molecule has 2 aromatic rings. The van der Waals surface area contributed by atoms with Crippen LogP contribution in [0.5, 0.6) is 0 Å². The number of furan rings is 1. The zero-order chi connectivity index (χ0) is 12.8. The van der Waals surface area contributed by atoms with Gasteiger partial charge in [0.25, 0.3) is 0 Å². The molecule has 0 fully saturated rings. The van der Waals surface area contributed by atoms with Crippen LogP contribution in [-0.2, 0) is 13.0 Å². The number of rotatable bonds is 2. The smallest absolute Gasteiger partial charge is 0.185 e. The minimum Gasteiger partial charge on any atom is -0.461 e. The van der Waals surface area contributed by atoms with E-state index in [-0.39, 0.29) is 12.4 Å². The number of fused-ring (bicyclic) bond motifs is 1. The maximum Gasteiger partial charge on any atom is 0.185 e. The third kappa shape index (κ3) is 2.76. The van der Waals surface area contributed by atoms with Crippen LogP contribution in [0.1, 0.15) is 27.2 Å². The van der Waals surface area contributed by atoms with E-state index in [9.17, 15) is 4.79 Å². The average molecular weight is 242 g/mol. The summed E-state index contributed by atoms with van der Waals surface area (Å²) < 4.78 is 4.68. The van der Waals surface area contributed by atoms with Crippen molar-refractivity contribution in [1.29, 1.82) is 0 Å². The highest BCUT2D eigenvalue weighted by molar-refractivity contribution is 5.72. The number of allylic oxidation sites excluding steroid dienone is 1. The first-order valence-corrected chi connectivity index (χ1v) is 5.72. The zero-order valence-corrected chi connectivity index (χ0v) is 9.87. The molecule has 0 radical (unpaired) electrons. The molecule has 92 valence electrons. The number of hydrogen-bond donors (Lipinski definition) is 1. The molecular weight excluding hydrogens is 228 g/mol. The quantitative estimate of drug-likeness (QED) is 0.824. The summed E-state index contributed by atoms with van der Waals surface area (Å²) in [4.78, 5) is 10.0. The van der Waals surface area contributed by atoms with Crippen molar-refractivity contribution < 1.29 is 14.3 Å². The van der Waals surface area contributed by atoms with E-state index in [1.807, 2.05) is 0 Å². The molecular formula is C15H14O3. The predicted molar refractivity (Wildman–Crippen MR) is 69.2 cm³/mol. The third-order valence-corrected chi connectivity index (χ3v) is 2.75. The van der Waals surface area contributed by atoms with Crippen LogP contribution in [0.25, 0.3) is 6.08 Å². The van der Waals surface area contributed by atoms with E-state index < -0.39 is 0 Å². The van der Waals surface area contributed by atoms with Gasteiger partial charge in [-0.3, -0.25) is 4.79 Å². The fourth-order valence-corrected chi connectivity index (χ4v) is 1.78. The first kappa shape index (κ1) is 12.3. The van der Waals surface area contributed by atoms with Gasteiger partial charge in [0, 0.05) is 5.56 Å². The first-order valence-electron chi connectivity index (χ1n) is 5.72. The minimum absolute atomic E-state index is 0.148.